The molecule has 1 aliphatic carbocycles. The maximum absolute atomic E-state index is 13.2. The van der Waals surface area contributed by atoms with Crippen molar-refractivity contribution in [1.82, 2.24) is 9.88 Å². The molecule has 2 aliphatic rings. The minimum atomic E-state index is -0.903. The van der Waals surface area contributed by atoms with Crippen LogP contribution < -0.4 is 0 Å². The second-order valence-corrected chi connectivity index (χ2v) is 7.35. The second kappa shape index (κ2) is 6.03. The van der Waals surface area contributed by atoms with Crippen LogP contribution in [0.15, 0.2) is 59.5 Å². The van der Waals surface area contributed by atoms with Crippen molar-refractivity contribution in [3.8, 4) is 17.2 Å². The van der Waals surface area contributed by atoms with Crippen LogP contribution in [0.1, 0.15) is 35.8 Å². The van der Waals surface area contributed by atoms with Crippen molar-refractivity contribution in [3.63, 3.8) is 0 Å². The molecule has 2 aromatic carbocycles. The first-order chi connectivity index (χ1) is 13.6. The summed E-state index contributed by atoms with van der Waals surface area (Å²) < 4.78 is 18.8. The van der Waals surface area contributed by atoms with E-state index < -0.39 is 11.5 Å². The maximum atomic E-state index is 13.2. The number of hydrogen-bond acceptors (Lipinski definition) is 4. The van der Waals surface area contributed by atoms with Crippen LogP contribution in [0.3, 0.4) is 0 Å². The number of halogens is 1. The Labute approximate surface area is 161 Å². The fourth-order valence-corrected chi connectivity index (χ4v) is 3.90. The van der Waals surface area contributed by atoms with Gasteiger partial charge in [-0.25, -0.2) is 9.37 Å². The van der Waals surface area contributed by atoms with Crippen LogP contribution in [-0.4, -0.2) is 15.8 Å². The molecular weight excluding hydrogens is 357 g/mol. The third-order valence-electron chi connectivity index (χ3n) is 5.62. The Kier molecular flexibility index (Phi) is 3.59. The van der Waals surface area contributed by atoms with Gasteiger partial charge in [0, 0.05) is 6.54 Å². The zero-order chi connectivity index (χ0) is 19.3. The van der Waals surface area contributed by atoms with Crippen molar-refractivity contribution in [2.75, 3.05) is 0 Å². The average Bonchev–Trinajstić information content (AvgIpc) is 3.16. The van der Waals surface area contributed by atoms with Crippen molar-refractivity contribution < 1.29 is 13.6 Å². The number of hydrogen-bond donors (Lipinski definition) is 0. The SMILES string of the molecule is N#CC1(C(=O)N2Cc3cc(-c4ccc(F)cc4)ccc3C2c2cnco2)CC1. The molecule has 6 heteroatoms. The van der Waals surface area contributed by atoms with Crippen molar-refractivity contribution >= 4 is 5.91 Å². The first-order valence-corrected chi connectivity index (χ1v) is 9.11. The summed E-state index contributed by atoms with van der Waals surface area (Å²) in [5.41, 5.74) is 2.90. The van der Waals surface area contributed by atoms with Crippen LogP contribution in [0.5, 0.6) is 0 Å². The zero-order valence-corrected chi connectivity index (χ0v) is 14.9. The summed E-state index contributed by atoms with van der Waals surface area (Å²) in [6, 6.07) is 14.1. The number of benzene rings is 2. The van der Waals surface area contributed by atoms with Crippen molar-refractivity contribution in [2.24, 2.45) is 5.41 Å². The van der Waals surface area contributed by atoms with Gasteiger partial charge in [0.25, 0.3) is 0 Å². The molecular formula is C22H16FN3O2. The van der Waals surface area contributed by atoms with E-state index in [-0.39, 0.29) is 11.7 Å². The topological polar surface area (TPSA) is 70.1 Å². The molecule has 1 unspecified atom stereocenters. The van der Waals surface area contributed by atoms with Crippen LogP contribution in [0.25, 0.3) is 11.1 Å². The summed E-state index contributed by atoms with van der Waals surface area (Å²) in [6.45, 7) is 0.401. The average molecular weight is 373 g/mol. The van der Waals surface area contributed by atoms with Crippen LogP contribution in [0.2, 0.25) is 0 Å². The van der Waals surface area contributed by atoms with Crippen molar-refractivity contribution in [3.05, 3.63) is 77.8 Å². The van der Waals surface area contributed by atoms with Gasteiger partial charge in [-0.2, -0.15) is 5.26 Å². The highest BCUT2D eigenvalue weighted by Gasteiger charge is 2.55. The van der Waals surface area contributed by atoms with E-state index in [2.05, 4.69) is 11.1 Å². The molecule has 0 bridgehead atoms. The van der Waals surface area contributed by atoms with E-state index in [1.807, 2.05) is 18.2 Å². The quantitative estimate of drug-likeness (QED) is 0.689. The van der Waals surface area contributed by atoms with E-state index in [0.29, 0.717) is 25.1 Å². The molecule has 0 saturated heterocycles. The summed E-state index contributed by atoms with van der Waals surface area (Å²) in [5, 5.41) is 9.47. The highest BCUT2D eigenvalue weighted by Crippen LogP contribution is 2.50. The lowest BCUT2D eigenvalue weighted by Crippen LogP contribution is -2.35. The van der Waals surface area contributed by atoms with Gasteiger partial charge in [-0.15, -0.1) is 0 Å². The molecule has 5 rings (SSSR count). The lowest BCUT2D eigenvalue weighted by atomic mass is 9.97. The van der Waals surface area contributed by atoms with E-state index in [4.69, 9.17) is 4.42 Å². The minimum absolute atomic E-state index is 0.157. The Morgan fingerprint density at radius 2 is 1.96 bits per heavy atom. The monoisotopic (exact) mass is 373 g/mol. The highest BCUT2D eigenvalue weighted by atomic mass is 19.1. The number of rotatable bonds is 3. The molecule has 1 fully saturated rings. The number of nitriles is 1. The predicted molar refractivity (Wildman–Crippen MR) is 98.0 cm³/mol. The summed E-state index contributed by atoms with van der Waals surface area (Å²) in [6.07, 6.45) is 4.15. The minimum Gasteiger partial charge on any atom is -0.446 e. The number of nitrogens with zero attached hydrogens (tertiary/aromatic N) is 3. The molecule has 5 nitrogen and oxygen atoms in total. The Balaban J connectivity index is 1.56. The largest absolute Gasteiger partial charge is 0.446 e. The first-order valence-electron chi connectivity index (χ1n) is 9.11. The van der Waals surface area contributed by atoms with Crippen LogP contribution in [0, 0.1) is 22.6 Å². The fraction of sp³-hybridized carbons (Fsp3) is 0.227. The Hall–Kier alpha value is -3.46. The van der Waals surface area contributed by atoms with Gasteiger partial charge in [0.2, 0.25) is 5.91 Å². The first kappa shape index (κ1) is 16.7. The summed E-state index contributed by atoms with van der Waals surface area (Å²) in [5.74, 6) is 0.143. The Morgan fingerprint density at radius 3 is 2.61 bits per heavy atom. The normalized spacial score (nSPS) is 19.1. The standard InChI is InChI=1S/C22H16FN3O2/c23-17-4-1-14(2-5-17)15-3-6-18-16(9-15)11-26(20(18)19-10-25-13-28-19)21(27)22(12-24)7-8-22/h1-6,9-10,13,20H,7-8,11H2. The predicted octanol–water partition coefficient (Wildman–Crippen LogP) is 4.22. The van der Waals surface area contributed by atoms with E-state index in [0.717, 1.165) is 22.3 Å². The number of fused-ring (bicyclic) bond motifs is 1. The lowest BCUT2D eigenvalue weighted by molar-refractivity contribution is -0.137. The van der Waals surface area contributed by atoms with Gasteiger partial charge in [-0.1, -0.05) is 24.3 Å². The number of carbonyl (C=O) groups excluding carboxylic acids is 1. The summed E-state index contributed by atoms with van der Waals surface area (Å²) in [7, 11) is 0. The van der Waals surface area contributed by atoms with Crippen LogP contribution >= 0.6 is 0 Å². The molecule has 3 aromatic rings. The zero-order valence-electron chi connectivity index (χ0n) is 14.9. The van der Waals surface area contributed by atoms with Gasteiger partial charge in [0.1, 0.15) is 17.3 Å². The highest BCUT2D eigenvalue weighted by molar-refractivity contribution is 5.89. The molecule has 0 radical (unpaired) electrons. The summed E-state index contributed by atoms with van der Waals surface area (Å²) >= 11 is 0. The van der Waals surface area contributed by atoms with E-state index in [1.54, 1.807) is 23.2 Å². The Bertz CT molecular complexity index is 1100. The lowest BCUT2D eigenvalue weighted by Gasteiger charge is -2.25. The summed E-state index contributed by atoms with van der Waals surface area (Å²) in [4.78, 5) is 18.8. The third kappa shape index (κ3) is 2.51. The maximum Gasteiger partial charge on any atom is 0.244 e. The fourth-order valence-electron chi connectivity index (χ4n) is 3.90. The van der Waals surface area contributed by atoms with Gasteiger partial charge in [0.05, 0.1) is 12.3 Å². The molecule has 0 N–H and O–H groups in total. The van der Waals surface area contributed by atoms with Gasteiger partial charge in [0.15, 0.2) is 12.2 Å². The van der Waals surface area contributed by atoms with Crippen molar-refractivity contribution in [2.45, 2.75) is 25.4 Å². The van der Waals surface area contributed by atoms with Gasteiger partial charge in [-0.05, 0) is 53.3 Å². The van der Waals surface area contributed by atoms with E-state index in [9.17, 15) is 14.4 Å². The molecule has 138 valence electrons. The van der Waals surface area contributed by atoms with Crippen molar-refractivity contribution in [1.29, 1.82) is 5.26 Å². The molecule has 1 aromatic heterocycles. The van der Waals surface area contributed by atoms with Gasteiger partial charge < -0.3 is 9.32 Å². The van der Waals surface area contributed by atoms with E-state index >= 15 is 0 Å². The number of oxazole rings is 1. The van der Waals surface area contributed by atoms with Gasteiger partial charge >= 0.3 is 0 Å². The molecule has 1 atom stereocenters. The smallest absolute Gasteiger partial charge is 0.244 e. The third-order valence-corrected chi connectivity index (χ3v) is 5.62. The molecule has 1 aliphatic heterocycles. The molecule has 1 saturated carbocycles. The molecule has 2 heterocycles. The molecule has 1 amide bonds. The van der Waals surface area contributed by atoms with Crippen LogP contribution in [0.4, 0.5) is 4.39 Å². The van der Waals surface area contributed by atoms with E-state index in [1.165, 1.54) is 18.5 Å². The van der Waals surface area contributed by atoms with Gasteiger partial charge in [-0.3, -0.25) is 4.79 Å². The Morgan fingerprint density at radius 1 is 1.21 bits per heavy atom. The number of carbonyl (C=O) groups is 1. The van der Waals surface area contributed by atoms with Crippen LogP contribution in [-0.2, 0) is 11.3 Å². The number of aromatic nitrogens is 1. The molecule has 28 heavy (non-hydrogen) atoms. The second-order valence-electron chi connectivity index (χ2n) is 7.35. The molecule has 0 spiro atoms. The number of amides is 1.